The fourth-order valence-corrected chi connectivity index (χ4v) is 2.35. The summed E-state index contributed by atoms with van der Waals surface area (Å²) in [6.45, 7) is 0.941. The Morgan fingerprint density at radius 3 is 2.81 bits per heavy atom. The molecule has 0 aromatic heterocycles. The maximum absolute atomic E-state index is 11.2. The maximum atomic E-state index is 11.2. The number of aromatic carboxylic acids is 1. The molecule has 1 fully saturated rings. The van der Waals surface area contributed by atoms with Crippen LogP contribution in [0.15, 0.2) is 22.7 Å². The Kier molecular flexibility index (Phi) is 3.19. The summed E-state index contributed by atoms with van der Waals surface area (Å²) in [6, 6.07) is 5.49. The molecule has 1 aliphatic carbocycles. The molecule has 0 saturated heterocycles. The van der Waals surface area contributed by atoms with Crippen molar-refractivity contribution in [3.63, 3.8) is 0 Å². The predicted octanol–water partition coefficient (Wildman–Crippen LogP) is 2.99. The van der Waals surface area contributed by atoms with Crippen molar-refractivity contribution in [3.05, 3.63) is 28.2 Å². The van der Waals surface area contributed by atoms with Crippen LogP contribution in [0.3, 0.4) is 0 Å². The molecule has 0 heterocycles. The minimum Gasteiger partial charge on any atom is -0.478 e. The first-order chi connectivity index (χ1) is 7.59. The van der Waals surface area contributed by atoms with Crippen LogP contribution in [0.25, 0.3) is 0 Å². The van der Waals surface area contributed by atoms with Crippen LogP contribution in [0.5, 0.6) is 0 Å². The highest BCUT2D eigenvalue weighted by molar-refractivity contribution is 9.10. The quantitative estimate of drug-likeness (QED) is 0.924. The number of carboxylic acids is 1. The smallest absolute Gasteiger partial charge is 0.338 e. The summed E-state index contributed by atoms with van der Waals surface area (Å²) in [4.78, 5) is 13.2. The Morgan fingerprint density at radius 2 is 2.25 bits per heavy atom. The van der Waals surface area contributed by atoms with Gasteiger partial charge in [0.1, 0.15) is 0 Å². The fourth-order valence-electron chi connectivity index (χ4n) is 1.83. The summed E-state index contributed by atoms with van der Waals surface area (Å²) in [6.07, 6.45) is 2.53. The number of nitrogens with zero attached hydrogens (tertiary/aromatic N) is 1. The summed E-state index contributed by atoms with van der Waals surface area (Å²) in [5, 5.41) is 9.19. The van der Waals surface area contributed by atoms with Gasteiger partial charge in [-0.1, -0.05) is 6.07 Å². The molecule has 0 bridgehead atoms. The minimum atomic E-state index is -0.884. The zero-order valence-electron chi connectivity index (χ0n) is 9.11. The number of benzene rings is 1. The van der Waals surface area contributed by atoms with Crippen LogP contribution < -0.4 is 4.90 Å². The SMILES string of the molecule is CN(CC1CC1)c1cccc(Br)c1C(=O)O. The number of halogens is 1. The van der Waals surface area contributed by atoms with Gasteiger partial charge in [-0.25, -0.2) is 4.79 Å². The zero-order chi connectivity index (χ0) is 11.7. The molecule has 0 amide bonds. The molecule has 86 valence electrons. The van der Waals surface area contributed by atoms with Crippen LogP contribution in [0.2, 0.25) is 0 Å². The Bertz CT molecular complexity index is 415. The van der Waals surface area contributed by atoms with Crippen LogP contribution in [-0.2, 0) is 0 Å². The molecular weight excluding hydrogens is 270 g/mol. The van der Waals surface area contributed by atoms with Gasteiger partial charge in [0, 0.05) is 18.1 Å². The molecule has 16 heavy (non-hydrogen) atoms. The number of carboxylic acid groups (broad SMARTS) is 1. The molecule has 0 aliphatic heterocycles. The van der Waals surface area contributed by atoms with E-state index < -0.39 is 5.97 Å². The van der Waals surface area contributed by atoms with E-state index in [1.54, 1.807) is 6.07 Å². The number of rotatable bonds is 4. The Labute approximate surface area is 103 Å². The molecule has 4 heteroatoms. The van der Waals surface area contributed by atoms with Crippen molar-refractivity contribution >= 4 is 27.6 Å². The van der Waals surface area contributed by atoms with Crippen LogP contribution in [0.4, 0.5) is 5.69 Å². The van der Waals surface area contributed by atoms with E-state index in [0.29, 0.717) is 10.0 Å². The van der Waals surface area contributed by atoms with Crippen molar-refractivity contribution in [1.29, 1.82) is 0 Å². The third kappa shape index (κ3) is 2.38. The van der Waals surface area contributed by atoms with Crippen molar-refractivity contribution in [1.82, 2.24) is 0 Å². The highest BCUT2D eigenvalue weighted by atomic mass is 79.9. The monoisotopic (exact) mass is 283 g/mol. The summed E-state index contributed by atoms with van der Waals surface area (Å²) in [5.74, 6) is -0.143. The standard InChI is InChI=1S/C12H14BrNO2/c1-14(7-8-5-6-8)10-4-2-3-9(13)11(10)12(15)16/h2-4,8H,5-7H2,1H3,(H,15,16). The second-order valence-corrected chi connectivity index (χ2v) is 5.12. The number of hydrogen-bond donors (Lipinski definition) is 1. The topological polar surface area (TPSA) is 40.5 Å². The fraction of sp³-hybridized carbons (Fsp3) is 0.417. The lowest BCUT2D eigenvalue weighted by Crippen LogP contribution is -2.22. The van der Waals surface area contributed by atoms with Crippen LogP contribution in [-0.4, -0.2) is 24.7 Å². The van der Waals surface area contributed by atoms with Crippen molar-refractivity contribution in [3.8, 4) is 0 Å². The average molecular weight is 284 g/mol. The summed E-state index contributed by atoms with van der Waals surface area (Å²) in [7, 11) is 1.95. The van der Waals surface area contributed by atoms with Crippen molar-refractivity contribution in [2.75, 3.05) is 18.5 Å². The normalized spacial score (nSPS) is 14.9. The van der Waals surface area contributed by atoms with E-state index in [4.69, 9.17) is 0 Å². The molecular formula is C12H14BrNO2. The maximum Gasteiger partial charge on any atom is 0.338 e. The molecule has 3 nitrogen and oxygen atoms in total. The molecule has 2 rings (SSSR count). The van der Waals surface area contributed by atoms with Gasteiger partial charge in [0.05, 0.1) is 11.3 Å². The molecule has 1 N–H and O–H groups in total. The van der Waals surface area contributed by atoms with Crippen LogP contribution in [0, 0.1) is 5.92 Å². The van der Waals surface area contributed by atoms with Gasteiger partial charge in [0.2, 0.25) is 0 Å². The van der Waals surface area contributed by atoms with E-state index >= 15 is 0 Å². The van der Waals surface area contributed by atoms with Gasteiger partial charge in [0.15, 0.2) is 0 Å². The Hall–Kier alpha value is -1.03. The van der Waals surface area contributed by atoms with Gasteiger partial charge in [-0.15, -0.1) is 0 Å². The molecule has 1 aromatic carbocycles. The molecule has 0 unspecified atom stereocenters. The first-order valence-corrected chi connectivity index (χ1v) is 6.12. The largest absolute Gasteiger partial charge is 0.478 e. The van der Waals surface area contributed by atoms with E-state index in [9.17, 15) is 9.90 Å². The first kappa shape index (κ1) is 11.5. The van der Waals surface area contributed by atoms with Crippen molar-refractivity contribution in [2.45, 2.75) is 12.8 Å². The molecule has 1 aromatic rings. The number of hydrogen-bond acceptors (Lipinski definition) is 2. The third-order valence-corrected chi connectivity index (χ3v) is 3.51. The summed E-state index contributed by atoms with van der Waals surface area (Å²) in [5.41, 5.74) is 1.14. The third-order valence-electron chi connectivity index (χ3n) is 2.85. The highest BCUT2D eigenvalue weighted by Crippen LogP contribution is 2.33. The molecule has 0 radical (unpaired) electrons. The van der Waals surface area contributed by atoms with Gasteiger partial charge < -0.3 is 10.0 Å². The summed E-state index contributed by atoms with van der Waals surface area (Å²) < 4.78 is 0.639. The van der Waals surface area contributed by atoms with Gasteiger partial charge >= 0.3 is 5.97 Å². The number of carbonyl (C=O) groups is 1. The second kappa shape index (κ2) is 4.45. The minimum absolute atomic E-state index is 0.352. The van der Waals surface area contributed by atoms with Gasteiger partial charge in [0.25, 0.3) is 0 Å². The first-order valence-electron chi connectivity index (χ1n) is 5.32. The average Bonchev–Trinajstić information content (AvgIpc) is 3.00. The molecule has 0 atom stereocenters. The molecule has 1 aliphatic rings. The van der Waals surface area contributed by atoms with Gasteiger partial charge in [-0.2, -0.15) is 0 Å². The molecule has 0 spiro atoms. The van der Waals surface area contributed by atoms with E-state index in [2.05, 4.69) is 15.9 Å². The summed E-state index contributed by atoms with van der Waals surface area (Å²) >= 11 is 3.29. The van der Waals surface area contributed by atoms with E-state index in [0.717, 1.165) is 18.2 Å². The van der Waals surface area contributed by atoms with E-state index in [1.807, 2.05) is 24.1 Å². The van der Waals surface area contributed by atoms with Crippen molar-refractivity contribution < 1.29 is 9.90 Å². The van der Waals surface area contributed by atoms with Crippen molar-refractivity contribution in [2.24, 2.45) is 5.92 Å². The number of anilines is 1. The van der Waals surface area contributed by atoms with Gasteiger partial charge in [-0.05, 0) is 46.8 Å². The highest BCUT2D eigenvalue weighted by Gasteiger charge is 2.25. The van der Waals surface area contributed by atoms with E-state index in [1.165, 1.54) is 12.8 Å². The van der Waals surface area contributed by atoms with Crippen LogP contribution in [0.1, 0.15) is 23.2 Å². The van der Waals surface area contributed by atoms with Crippen LogP contribution >= 0.6 is 15.9 Å². The lowest BCUT2D eigenvalue weighted by Gasteiger charge is -2.21. The lowest BCUT2D eigenvalue weighted by molar-refractivity contribution is 0.0696. The Balaban J connectivity index is 2.30. The zero-order valence-corrected chi connectivity index (χ0v) is 10.7. The van der Waals surface area contributed by atoms with Gasteiger partial charge in [-0.3, -0.25) is 0 Å². The molecule has 1 saturated carbocycles. The predicted molar refractivity (Wildman–Crippen MR) is 67.1 cm³/mol. The lowest BCUT2D eigenvalue weighted by atomic mass is 10.1. The Morgan fingerprint density at radius 1 is 1.56 bits per heavy atom. The van der Waals surface area contributed by atoms with E-state index in [-0.39, 0.29) is 0 Å². The second-order valence-electron chi connectivity index (χ2n) is 4.26.